The molecule has 4 rings (SSSR count). The number of phenolic OH excluding ortho intramolecular Hbond substituents is 1. The zero-order valence-corrected chi connectivity index (χ0v) is 15.3. The molecule has 4 aromatic rings. The van der Waals surface area contributed by atoms with E-state index < -0.39 is 0 Å². The van der Waals surface area contributed by atoms with Crippen LogP contribution in [0.15, 0.2) is 78.9 Å². The van der Waals surface area contributed by atoms with E-state index in [0.717, 1.165) is 15.8 Å². The Morgan fingerprint density at radius 3 is 2.22 bits per heavy atom. The summed E-state index contributed by atoms with van der Waals surface area (Å²) in [5, 5.41) is 13.0. The minimum absolute atomic E-state index is 0.0646. The molecule has 0 bridgehead atoms. The summed E-state index contributed by atoms with van der Waals surface area (Å²) in [6, 6.07) is 25.2. The van der Waals surface area contributed by atoms with Crippen LogP contribution in [-0.4, -0.2) is 22.5 Å². The number of benzene rings is 3. The minimum atomic E-state index is -0.201. The Hall–Kier alpha value is -3.18. The van der Waals surface area contributed by atoms with Crippen LogP contribution in [0.3, 0.4) is 0 Å². The van der Waals surface area contributed by atoms with Gasteiger partial charge in [0.2, 0.25) is 0 Å². The van der Waals surface area contributed by atoms with E-state index in [1.165, 1.54) is 11.3 Å². The average molecular weight is 374 g/mol. The molecule has 0 aliphatic carbocycles. The number of phenols is 1. The van der Waals surface area contributed by atoms with Gasteiger partial charge in [-0.25, -0.2) is 4.98 Å². The van der Waals surface area contributed by atoms with Crippen LogP contribution in [0.25, 0.3) is 10.2 Å². The molecule has 0 aliphatic heterocycles. The van der Waals surface area contributed by atoms with Gasteiger partial charge in [0, 0.05) is 12.5 Å². The van der Waals surface area contributed by atoms with Crippen LogP contribution in [-0.2, 0) is 0 Å². The highest BCUT2D eigenvalue weighted by molar-refractivity contribution is 7.20. The molecule has 2 N–H and O–H groups in total. The van der Waals surface area contributed by atoms with Crippen molar-refractivity contribution in [2.45, 2.75) is 5.92 Å². The Kier molecular flexibility index (Phi) is 4.85. The van der Waals surface area contributed by atoms with Crippen molar-refractivity contribution in [1.29, 1.82) is 0 Å². The molecule has 3 aromatic carbocycles. The van der Waals surface area contributed by atoms with Gasteiger partial charge in [0.05, 0.1) is 10.2 Å². The van der Waals surface area contributed by atoms with Crippen LogP contribution in [0.5, 0.6) is 5.75 Å². The van der Waals surface area contributed by atoms with Gasteiger partial charge in [-0.1, -0.05) is 60.7 Å². The maximum absolute atomic E-state index is 12.6. The third kappa shape index (κ3) is 3.83. The Balaban J connectivity index is 1.55. The number of nitrogens with one attached hydrogen (secondary N) is 1. The topological polar surface area (TPSA) is 62.2 Å². The summed E-state index contributed by atoms with van der Waals surface area (Å²) in [5.74, 6) is 0.0358. The van der Waals surface area contributed by atoms with Gasteiger partial charge in [0.1, 0.15) is 5.75 Å². The number of carbonyl (C=O) groups excluding carboxylic acids is 1. The van der Waals surface area contributed by atoms with Crippen molar-refractivity contribution in [3.63, 3.8) is 0 Å². The van der Waals surface area contributed by atoms with Crippen molar-refractivity contribution < 1.29 is 9.90 Å². The first-order valence-electron chi connectivity index (χ1n) is 8.68. The lowest BCUT2D eigenvalue weighted by molar-refractivity contribution is 0.0952. The fraction of sp³-hybridized carbons (Fsp3) is 0.0909. The van der Waals surface area contributed by atoms with E-state index in [-0.39, 0.29) is 17.6 Å². The molecule has 134 valence electrons. The predicted octanol–water partition coefficient (Wildman–Crippen LogP) is 4.56. The highest BCUT2D eigenvalue weighted by atomic mass is 32.1. The number of nitrogens with zero attached hydrogens (tertiary/aromatic N) is 1. The van der Waals surface area contributed by atoms with Crippen LogP contribution in [0.1, 0.15) is 26.8 Å². The zero-order chi connectivity index (χ0) is 18.6. The van der Waals surface area contributed by atoms with Crippen molar-refractivity contribution in [3.05, 3.63) is 95.0 Å². The first kappa shape index (κ1) is 17.2. The fourth-order valence-electron chi connectivity index (χ4n) is 3.08. The van der Waals surface area contributed by atoms with E-state index in [0.29, 0.717) is 17.1 Å². The summed E-state index contributed by atoms with van der Waals surface area (Å²) in [7, 11) is 0. The Labute approximate surface area is 161 Å². The van der Waals surface area contributed by atoms with Crippen LogP contribution >= 0.6 is 11.3 Å². The molecule has 5 heteroatoms. The van der Waals surface area contributed by atoms with E-state index in [1.807, 2.05) is 36.4 Å². The molecule has 0 unspecified atom stereocenters. The number of thiazole rings is 1. The molecule has 0 saturated carbocycles. The van der Waals surface area contributed by atoms with Gasteiger partial charge in [-0.3, -0.25) is 4.79 Å². The van der Waals surface area contributed by atoms with Gasteiger partial charge in [0.25, 0.3) is 5.91 Å². The van der Waals surface area contributed by atoms with E-state index in [9.17, 15) is 9.90 Å². The van der Waals surface area contributed by atoms with E-state index >= 15 is 0 Å². The summed E-state index contributed by atoms with van der Waals surface area (Å²) < 4.78 is 0.794. The number of fused-ring (bicyclic) bond motifs is 1. The van der Waals surface area contributed by atoms with Crippen molar-refractivity contribution >= 4 is 27.5 Å². The highest BCUT2D eigenvalue weighted by Gasteiger charge is 2.17. The quantitative estimate of drug-likeness (QED) is 0.538. The van der Waals surface area contributed by atoms with Gasteiger partial charge in [-0.15, -0.1) is 11.3 Å². The summed E-state index contributed by atoms with van der Waals surface area (Å²) in [6.45, 7) is 0.480. The number of carbonyl (C=O) groups is 1. The van der Waals surface area contributed by atoms with E-state index in [4.69, 9.17) is 0 Å². The number of hydrogen-bond donors (Lipinski definition) is 2. The van der Waals surface area contributed by atoms with Crippen molar-refractivity contribution in [3.8, 4) is 5.75 Å². The Morgan fingerprint density at radius 2 is 1.59 bits per heavy atom. The first-order chi connectivity index (χ1) is 13.2. The predicted molar refractivity (Wildman–Crippen MR) is 108 cm³/mol. The SMILES string of the molecule is O=C(NCC(c1ccccc1)c1ccccc1)c1nc2ccc(O)cc2s1. The maximum Gasteiger partial charge on any atom is 0.280 e. The van der Waals surface area contributed by atoms with Crippen LogP contribution in [0.4, 0.5) is 0 Å². The van der Waals surface area contributed by atoms with Crippen LogP contribution in [0.2, 0.25) is 0 Å². The Morgan fingerprint density at radius 1 is 0.963 bits per heavy atom. The number of aromatic hydroxyl groups is 1. The van der Waals surface area contributed by atoms with Gasteiger partial charge in [-0.05, 0) is 29.3 Å². The van der Waals surface area contributed by atoms with Crippen LogP contribution in [0, 0.1) is 0 Å². The van der Waals surface area contributed by atoms with Gasteiger partial charge >= 0.3 is 0 Å². The molecular weight excluding hydrogens is 356 g/mol. The first-order valence-corrected chi connectivity index (χ1v) is 9.50. The molecule has 0 fully saturated rings. The van der Waals surface area contributed by atoms with Crippen molar-refractivity contribution in [2.75, 3.05) is 6.54 Å². The maximum atomic E-state index is 12.6. The van der Waals surface area contributed by atoms with Gasteiger partial charge in [0.15, 0.2) is 5.01 Å². The summed E-state index contributed by atoms with van der Waals surface area (Å²) in [6.07, 6.45) is 0. The minimum Gasteiger partial charge on any atom is -0.508 e. The third-order valence-corrected chi connectivity index (χ3v) is 5.45. The monoisotopic (exact) mass is 374 g/mol. The summed E-state index contributed by atoms with van der Waals surface area (Å²) >= 11 is 1.28. The van der Waals surface area contributed by atoms with E-state index in [2.05, 4.69) is 34.6 Å². The van der Waals surface area contributed by atoms with Gasteiger partial charge in [-0.2, -0.15) is 0 Å². The molecule has 27 heavy (non-hydrogen) atoms. The zero-order valence-electron chi connectivity index (χ0n) is 14.5. The second-order valence-corrected chi connectivity index (χ2v) is 7.29. The summed E-state index contributed by atoms with van der Waals surface area (Å²) in [4.78, 5) is 17.0. The normalized spacial score (nSPS) is 11.0. The van der Waals surface area contributed by atoms with Crippen molar-refractivity contribution in [1.82, 2.24) is 10.3 Å². The number of amides is 1. The molecular formula is C22H18N2O2S. The molecule has 4 nitrogen and oxygen atoms in total. The molecule has 1 heterocycles. The summed E-state index contributed by atoms with van der Waals surface area (Å²) in [5.41, 5.74) is 3.02. The van der Waals surface area contributed by atoms with Crippen molar-refractivity contribution in [2.24, 2.45) is 0 Å². The lowest BCUT2D eigenvalue weighted by atomic mass is 9.91. The fourth-order valence-corrected chi connectivity index (χ4v) is 3.99. The third-order valence-electron chi connectivity index (χ3n) is 4.44. The smallest absolute Gasteiger partial charge is 0.280 e. The standard InChI is InChI=1S/C22H18N2O2S/c25-17-11-12-19-20(13-17)27-22(24-19)21(26)23-14-18(15-7-3-1-4-8-15)16-9-5-2-6-10-16/h1-13,18,25H,14H2,(H,23,26). The highest BCUT2D eigenvalue weighted by Crippen LogP contribution is 2.27. The molecule has 0 atom stereocenters. The second kappa shape index (κ2) is 7.60. The van der Waals surface area contributed by atoms with E-state index in [1.54, 1.807) is 18.2 Å². The second-order valence-electron chi connectivity index (χ2n) is 6.26. The number of hydrogen-bond acceptors (Lipinski definition) is 4. The lowest BCUT2D eigenvalue weighted by Crippen LogP contribution is -2.28. The largest absolute Gasteiger partial charge is 0.508 e. The number of rotatable bonds is 5. The molecule has 1 amide bonds. The number of aromatic nitrogens is 1. The van der Waals surface area contributed by atoms with Gasteiger partial charge < -0.3 is 10.4 Å². The molecule has 0 saturated heterocycles. The molecule has 0 spiro atoms. The molecule has 0 aliphatic rings. The average Bonchev–Trinajstić information content (AvgIpc) is 3.13. The lowest BCUT2D eigenvalue weighted by Gasteiger charge is -2.18. The molecule has 1 aromatic heterocycles. The van der Waals surface area contributed by atoms with Crippen LogP contribution < -0.4 is 5.32 Å². The Bertz CT molecular complexity index is 1020. The molecule has 0 radical (unpaired) electrons.